The molecule has 4 N–H and O–H groups in total. The van der Waals surface area contributed by atoms with Crippen LogP contribution in [0.5, 0.6) is 5.88 Å². The van der Waals surface area contributed by atoms with Crippen molar-refractivity contribution in [2.45, 2.75) is 46.8 Å². The molecule has 2 rings (SSSR count). The number of carbonyl (C=O) groups excluding carboxylic acids is 1. The number of aromatic nitrogens is 1. The molecule has 0 unspecified atom stereocenters. The summed E-state index contributed by atoms with van der Waals surface area (Å²) in [6.07, 6.45) is 0.732. The van der Waals surface area contributed by atoms with Crippen LogP contribution in [0.1, 0.15) is 47.3 Å². The van der Waals surface area contributed by atoms with Crippen molar-refractivity contribution in [3.63, 3.8) is 0 Å². The molecule has 2 amide bonds. The van der Waals surface area contributed by atoms with E-state index in [1.807, 2.05) is 19.9 Å². The molecule has 0 spiro atoms. The van der Waals surface area contributed by atoms with E-state index in [4.69, 9.17) is 4.74 Å². The predicted molar refractivity (Wildman–Crippen MR) is 114 cm³/mol. The summed E-state index contributed by atoms with van der Waals surface area (Å²) in [7, 11) is 0. The zero-order valence-corrected chi connectivity index (χ0v) is 18.3. The second-order valence-electron chi connectivity index (χ2n) is 7.17. The topological polar surface area (TPSA) is 113 Å². The maximum absolute atomic E-state index is 14.2. The van der Waals surface area contributed by atoms with Crippen molar-refractivity contribution < 1.29 is 23.8 Å². The number of anilines is 1. The number of nitrogens with one attached hydrogen (secondary N) is 3. The number of carbonyl (C=O) groups is 2. The fraction of sp³-hybridized carbons (Fsp3) is 0.450. The highest BCUT2D eigenvalue weighted by Crippen LogP contribution is 2.31. The monoisotopic (exact) mass is 438 g/mol. The van der Waals surface area contributed by atoms with Crippen LogP contribution in [-0.2, 0) is 6.61 Å². The van der Waals surface area contributed by atoms with Crippen LogP contribution in [0.4, 0.5) is 14.2 Å². The third-order valence-electron chi connectivity index (χ3n) is 4.21. The highest BCUT2D eigenvalue weighted by Gasteiger charge is 2.24. The average molecular weight is 439 g/mol. The number of benzene rings is 1. The Kier molecular flexibility index (Phi) is 8.55. The van der Waals surface area contributed by atoms with Crippen LogP contribution in [0, 0.1) is 19.7 Å². The van der Waals surface area contributed by atoms with Crippen molar-refractivity contribution in [2.24, 2.45) is 0 Å². The van der Waals surface area contributed by atoms with Crippen molar-refractivity contribution in [2.75, 3.05) is 18.4 Å². The first-order chi connectivity index (χ1) is 14.2. The number of amides is 2. The third kappa shape index (κ3) is 6.67. The van der Waals surface area contributed by atoms with E-state index in [1.54, 1.807) is 13.8 Å². The number of urea groups is 1. The molecule has 0 saturated heterocycles. The van der Waals surface area contributed by atoms with Gasteiger partial charge in [-0.2, -0.15) is 4.37 Å². The number of aromatic carboxylic acids is 1. The van der Waals surface area contributed by atoms with E-state index in [2.05, 4.69) is 20.3 Å². The minimum Gasteiger partial charge on any atom is -0.477 e. The van der Waals surface area contributed by atoms with Gasteiger partial charge in [0.05, 0.1) is 0 Å². The smallest absolute Gasteiger partial charge is 0.344 e. The standard InChI is InChI=1S/C20H27FN4O4S/c1-11(2)22-6-5-7-23-20(28)24-18-16(19(26)27)17(25-30-18)29-10-14-13(4)8-12(3)9-15(14)21/h8-9,11,22H,5-7,10H2,1-4H3,(H,26,27)(H2,23,24,28). The van der Waals surface area contributed by atoms with Crippen LogP contribution in [0.15, 0.2) is 12.1 Å². The Morgan fingerprint density at radius 2 is 2.00 bits per heavy atom. The lowest BCUT2D eigenvalue weighted by molar-refractivity contribution is 0.0693. The summed E-state index contributed by atoms with van der Waals surface area (Å²) < 4.78 is 23.6. The molecule has 1 aromatic heterocycles. The summed E-state index contributed by atoms with van der Waals surface area (Å²) >= 11 is 0.793. The number of aryl methyl sites for hydroxylation is 2. The van der Waals surface area contributed by atoms with Crippen LogP contribution < -0.4 is 20.7 Å². The lowest BCUT2D eigenvalue weighted by Crippen LogP contribution is -2.32. The van der Waals surface area contributed by atoms with E-state index < -0.39 is 17.8 Å². The van der Waals surface area contributed by atoms with Gasteiger partial charge in [-0.1, -0.05) is 19.9 Å². The normalized spacial score (nSPS) is 10.9. The summed E-state index contributed by atoms with van der Waals surface area (Å²) in [5.74, 6) is -1.89. The van der Waals surface area contributed by atoms with Crippen LogP contribution in [-0.4, -0.2) is 40.6 Å². The molecule has 30 heavy (non-hydrogen) atoms. The molecular formula is C20H27FN4O4S. The number of ether oxygens (including phenoxy) is 1. The van der Waals surface area contributed by atoms with Crippen LogP contribution in [0.2, 0.25) is 0 Å². The molecule has 0 radical (unpaired) electrons. The summed E-state index contributed by atoms with van der Waals surface area (Å²) in [4.78, 5) is 23.7. The lowest BCUT2D eigenvalue weighted by Gasteiger charge is -2.10. The summed E-state index contributed by atoms with van der Waals surface area (Å²) in [5, 5.41) is 18.0. The molecule has 2 aromatic rings. The van der Waals surface area contributed by atoms with Crippen LogP contribution >= 0.6 is 11.5 Å². The van der Waals surface area contributed by atoms with Crippen LogP contribution in [0.25, 0.3) is 0 Å². The van der Waals surface area contributed by atoms with Crippen molar-refractivity contribution in [3.8, 4) is 5.88 Å². The molecule has 0 aliphatic rings. The first kappa shape index (κ1) is 23.6. The van der Waals surface area contributed by atoms with E-state index in [9.17, 15) is 19.1 Å². The maximum Gasteiger partial charge on any atom is 0.344 e. The molecule has 164 valence electrons. The van der Waals surface area contributed by atoms with Crippen molar-refractivity contribution in [1.29, 1.82) is 0 Å². The SMILES string of the molecule is Cc1cc(C)c(COc2nsc(NC(=O)NCCCNC(C)C)c2C(=O)O)c(F)c1. The Bertz CT molecular complexity index is 878. The number of hydrogen-bond acceptors (Lipinski definition) is 6. The number of rotatable bonds is 10. The molecular weight excluding hydrogens is 411 g/mol. The Labute approximate surface area is 179 Å². The Hall–Kier alpha value is -2.72. The second-order valence-corrected chi connectivity index (χ2v) is 7.94. The predicted octanol–water partition coefficient (Wildman–Crippen LogP) is 3.69. The zero-order chi connectivity index (χ0) is 22.3. The number of halogens is 1. The summed E-state index contributed by atoms with van der Waals surface area (Å²) in [6.45, 7) is 8.62. The van der Waals surface area contributed by atoms with Gasteiger partial charge in [0.25, 0.3) is 0 Å². The number of carboxylic acids is 1. The molecule has 8 nitrogen and oxygen atoms in total. The Morgan fingerprint density at radius 1 is 1.27 bits per heavy atom. The lowest BCUT2D eigenvalue weighted by atomic mass is 10.1. The minimum atomic E-state index is -1.30. The van der Waals surface area contributed by atoms with Gasteiger partial charge in [-0.3, -0.25) is 5.32 Å². The van der Waals surface area contributed by atoms with Crippen molar-refractivity contribution in [3.05, 3.63) is 40.2 Å². The molecule has 0 bridgehead atoms. The second kappa shape index (κ2) is 10.9. The van der Waals surface area contributed by atoms with Crippen LogP contribution in [0.3, 0.4) is 0 Å². The molecule has 0 aliphatic heterocycles. The van der Waals surface area contributed by atoms with E-state index in [1.165, 1.54) is 6.07 Å². The maximum atomic E-state index is 14.2. The highest BCUT2D eigenvalue weighted by atomic mass is 32.1. The van der Waals surface area contributed by atoms with E-state index in [-0.39, 0.29) is 23.1 Å². The molecule has 1 heterocycles. The van der Waals surface area contributed by atoms with E-state index in [0.29, 0.717) is 23.7 Å². The minimum absolute atomic E-state index is 0.0522. The van der Waals surface area contributed by atoms with Gasteiger partial charge >= 0.3 is 12.0 Å². The fourth-order valence-electron chi connectivity index (χ4n) is 2.75. The first-order valence-corrected chi connectivity index (χ1v) is 10.4. The molecule has 10 heteroatoms. The molecule has 0 fully saturated rings. The largest absolute Gasteiger partial charge is 0.477 e. The number of nitrogens with zero attached hydrogens (tertiary/aromatic N) is 1. The Morgan fingerprint density at radius 3 is 2.63 bits per heavy atom. The van der Waals surface area contributed by atoms with Gasteiger partial charge in [0.15, 0.2) is 5.56 Å². The van der Waals surface area contributed by atoms with Gasteiger partial charge in [-0.15, -0.1) is 0 Å². The first-order valence-electron chi connectivity index (χ1n) is 9.58. The number of hydrogen-bond donors (Lipinski definition) is 4. The van der Waals surface area contributed by atoms with E-state index in [0.717, 1.165) is 30.1 Å². The average Bonchev–Trinajstić information content (AvgIpc) is 3.02. The number of carboxylic acid groups (broad SMARTS) is 1. The van der Waals surface area contributed by atoms with Gasteiger partial charge in [0.1, 0.15) is 17.4 Å². The van der Waals surface area contributed by atoms with Gasteiger partial charge in [0, 0.05) is 18.2 Å². The summed E-state index contributed by atoms with van der Waals surface area (Å²) in [6, 6.07) is 3.04. The van der Waals surface area contributed by atoms with Gasteiger partial charge in [-0.25, -0.2) is 14.0 Å². The van der Waals surface area contributed by atoms with E-state index >= 15 is 0 Å². The quantitative estimate of drug-likeness (QED) is 0.421. The molecule has 0 aliphatic carbocycles. The molecule has 0 atom stereocenters. The van der Waals surface area contributed by atoms with Gasteiger partial charge < -0.3 is 20.5 Å². The third-order valence-corrected chi connectivity index (χ3v) is 4.96. The van der Waals surface area contributed by atoms with Crippen molar-refractivity contribution >= 4 is 28.5 Å². The summed E-state index contributed by atoms with van der Waals surface area (Å²) in [5.41, 5.74) is 1.55. The zero-order valence-electron chi connectivity index (χ0n) is 17.5. The molecule has 1 aromatic carbocycles. The fourth-order valence-corrected chi connectivity index (χ4v) is 3.47. The van der Waals surface area contributed by atoms with Gasteiger partial charge in [-0.05, 0) is 55.5 Å². The highest BCUT2D eigenvalue weighted by molar-refractivity contribution is 7.11. The molecule has 0 saturated carbocycles. The Balaban J connectivity index is 2.00. The van der Waals surface area contributed by atoms with Crippen molar-refractivity contribution in [1.82, 2.24) is 15.0 Å². The van der Waals surface area contributed by atoms with Gasteiger partial charge in [0.2, 0.25) is 5.88 Å².